The van der Waals surface area contributed by atoms with E-state index in [2.05, 4.69) is 6.92 Å². The first-order valence-corrected chi connectivity index (χ1v) is 8.16. The first kappa shape index (κ1) is 14.2. The van der Waals surface area contributed by atoms with Crippen molar-refractivity contribution >= 4 is 11.6 Å². The molecule has 1 aromatic rings. The van der Waals surface area contributed by atoms with E-state index in [-0.39, 0.29) is 11.6 Å². The van der Waals surface area contributed by atoms with Crippen molar-refractivity contribution in [3.8, 4) is 0 Å². The SMILES string of the molecule is CCCCCc1ccc2c(c1)C(=O)C1=C(CCCC1)C2=O. The molecule has 21 heavy (non-hydrogen) atoms. The molecule has 0 radical (unpaired) electrons. The van der Waals surface area contributed by atoms with Gasteiger partial charge in [-0.25, -0.2) is 0 Å². The molecule has 0 saturated heterocycles. The van der Waals surface area contributed by atoms with Gasteiger partial charge in [0.1, 0.15) is 0 Å². The third kappa shape index (κ3) is 2.59. The van der Waals surface area contributed by atoms with E-state index >= 15 is 0 Å². The van der Waals surface area contributed by atoms with Crippen molar-refractivity contribution in [3.63, 3.8) is 0 Å². The summed E-state index contributed by atoms with van der Waals surface area (Å²) in [6.45, 7) is 2.19. The van der Waals surface area contributed by atoms with Gasteiger partial charge in [-0.3, -0.25) is 9.59 Å². The first-order valence-electron chi connectivity index (χ1n) is 8.16. The minimum Gasteiger partial charge on any atom is -0.289 e. The van der Waals surface area contributed by atoms with Crippen LogP contribution in [0, 0.1) is 0 Å². The fourth-order valence-corrected chi connectivity index (χ4v) is 3.44. The molecule has 1 aromatic carbocycles. The second-order valence-electron chi connectivity index (χ2n) is 6.16. The van der Waals surface area contributed by atoms with Crippen molar-refractivity contribution in [2.75, 3.05) is 0 Å². The largest absolute Gasteiger partial charge is 0.289 e. The molecule has 0 aliphatic heterocycles. The molecule has 0 bridgehead atoms. The van der Waals surface area contributed by atoms with E-state index in [0.717, 1.165) is 49.7 Å². The molecule has 110 valence electrons. The third-order valence-corrected chi connectivity index (χ3v) is 4.66. The lowest BCUT2D eigenvalue weighted by Crippen LogP contribution is -2.24. The number of fused-ring (bicyclic) bond motifs is 1. The molecule has 0 atom stereocenters. The Morgan fingerprint density at radius 1 is 0.905 bits per heavy atom. The predicted molar refractivity (Wildman–Crippen MR) is 83.8 cm³/mol. The summed E-state index contributed by atoms with van der Waals surface area (Å²) in [5.74, 6) is 0.205. The highest BCUT2D eigenvalue weighted by molar-refractivity contribution is 6.27. The van der Waals surface area contributed by atoms with Crippen molar-refractivity contribution in [1.82, 2.24) is 0 Å². The zero-order valence-corrected chi connectivity index (χ0v) is 12.7. The lowest BCUT2D eigenvalue weighted by atomic mass is 9.77. The number of ketones is 2. The molecule has 0 spiro atoms. The minimum atomic E-state index is 0.0967. The van der Waals surface area contributed by atoms with Crippen molar-refractivity contribution < 1.29 is 9.59 Å². The fourth-order valence-electron chi connectivity index (χ4n) is 3.44. The molecule has 3 rings (SSSR count). The van der Waals surface area contributed by atoms with E-state index in [1.54, 1.807) is 0 Å². The number of aryl methyl sites for hydroxylation is 1. The van der Waals surface area contributed by atoms with Crippen LogP contribution in [0.4, 0.5) is 0 Å². The number of rotatable bonds is 4. The maximum Gasteiger partial charge on any atom is 0.190 e. The van der Waals surface area contributed by atoms with Gasteiger partial charge in [0.05, 0.1) is 0 Å². The van der Waals surface area contributed by atoms with Crippen molar-refractivity contribution in [2.45, 2.75) is 58.3 Å². The fraction of sp³-hybridized carbons (Fsp3) is 0.474. The standard InChI is InChI=1S/C19H22O2/c1-2-3-4-7-13-10-11-16-17(12-13)19(21)15-9-6-5-8-14(15)18(16)20/h10-12H,2-9H2,1H3. The number of Topliss-reactive ketones (excluding diaryl/α,β-unsaturated/α-hetero) is 2. The van der Waals surface area contributed by atoms with Crippen LogP contribution in [-0.4, -0.2) is 11.6 Å². The van der Waals surface area contributed by atoms with Crippen LogP contribution in [0.25, 0.3) is 0 Å². The summed E-state index contributed by atoms with van der Waals surface area (Å²) in [5, 5.41) is 0. The molecule has 0 aromatic heterocycles. The summed E-state index contributed by atoms with van der Waals surface area (Å²) in [6.07, 6.45) is 8.15. The summed E-state index contributed by atoms with van der Waals surface area (Å²) >= 11 is 0. The van der Waals surface area contributed by atoms with Crippen LogP contribution in [-0.2, 0) is 6.42 Å². The number of carbonyl (C=O) groups excluding carboxylic acids is 2. The molecule has 0 saturated carbocycles. The molecule has 0 amide bonds. The van der Waals surface area contributed by atoms with Gasteiger partial charge in [0.2, 0.25) is 0 Å². The lowest BCUT2D eigenvalue weighted by Gasteiger charge is -2.24. The van der Waals surface area contributed by atoms with Gasteiger partial charge >= 0.3 is 0 Å². The Kier molecular flexibility index (Phi) is 4.05. The van der Waals surface area contributed by atoms with Crippen molar-refractivity contribution in [1.29, 1.82) is 0 Å². The van der Waals surface area contributed by atoms with Gasteiger partial charge < -0.3 is 0 Å². The van der Waals surface area contributed by atoms with Crippen molar-refractivity contribution in [3.05, 3.63) is 46.0 Å². The number of allylic oxidation sites excluding steroid dienone is 2. The zero-order chi connectivity index (χ0) is 14.8. The van der Waals surface area contributed by atoms with Gasteiger partial charge in [-0.05, 0) is 50.2 Å². The maximum atomic E-state index is 12.7. The Balaban J connectivity index is 1.93. The number of hydrogen-bond acceptors (Lipinski definition) is 2. The van der Waals surface area contributed by atoms with E-state index in [1.165, 1.54) is 18.4 Å². The molecule has 2 aliphatic carbocycles. The highest BCUT2D eigenvalue weighted by Gasteiger charge is 2.33. The Labute approximate surface area is 126 Å². The monoisotopic (exact) mass is 282 g/mol. The maximum absolute atomic E-state index is 12.7. The number of hydrogen-bond donors (Lipinski definition) is 0. The molecule has 0 N–H and O–H groups in total. The van der Waals surface area contributed by atoms with Crippen LogP contribution in [0.3, 0.4) is 0 Å². The highest BCUT2D eigenvalue weighted by Crippen LogP contribution is 2.35. The quantitative estimate of drug-likeness (QED) is 0.752. The molecule has 2 nitrogen and oxygen atoms in total. The Morgan fingerprint density at radius 2 is 1.57 bits per heavy atom. The zero-order valence-electron chi connectivity index (χ0n) is 12.7. The van der Waals surface area contributed by atoms with Crippen LogP contribution >= 0.6 is 0 Å². The van der Waals surface area contributed by atoms with Gasteiger partial charge in [-0.2, -0.15) is 0 Å². The molecule has 2 heteroatoms. The van der Waals surface area contributed by atoms with E-state index in [9.17, 15) is 9.59 Å². The first-order chi connectivity index (χ1) is 10.2. The summed E-state index contributed by atoms with van der Waals surface area (Å²) in [6, 6.07) is 5.85. The summed E-state index contributed by atoms with van der Waals surface area (Å²) < 4.78 is 0. The van der Waals surface area contributed by atoms with E-state index in [4.69, 9.17) is 0 Å². The van der Waals surface area contributed by atoms with Gasteiger partial charge in [0.25, 0.3) is 0 Å². The van der Waals surface area contributed by atoms with Gasteiger partial charge in [0.15, 0.2) is 11.6 Å². The van der Waals surface area contributed by atoms with Gasteiger partial charge in [0, 0.05) is 22.3 Å². The number of carbonyl (C=O) groups is 2. The molecular formula is C19H22O2. The lowest BCUT2D eigenvalue weighted by molar-refractivity contribution is 0.0964. The van der Waals surface area contributed by atoms with Crippen LogP contribution in [0.2, 0.25) is 0 Å². The smallest absolute Gasteiger partial charge is 0.190 e. The molecule has 2 aliphatic rings. The van der Waals surface area contributed by atoms with E-state index < -0.39 is 0 Å². The Morgan fingerprint density at radius 3 is 2.24 bits per heavy atom. The molecule has 0 heterocycles. The third-order valence-electron chi connectivity index (χ3n) is 4.66. The topological polar surface area (TPSA) is 34.1 Å². The second kappa shape index (κ2) is 5.97. The average Bonchev–Trinajstić information content (AvgIpc) is 2.53. The van der Waals surface area contributed by atoms with Gasteiger partial charge in [-0.15, -0.1) is 0 Å². The second-order valence-corrected chi connectivity index (χ2v) is 6.16. The van der Waals surface area contributed by atoms with Crippen molar-refractivity contribution in [2.24, 2.45) is 0 Å². The number of unbranched alkanes of at least 4 members (excludes halogenated alkanes) is 2. The minimum absolute atomic E-state index is 0.0967. The summed E-state index contributed by atoms with van der Waals surface area (Å²) in [5.41, 5.74) is 4.04. The van der Waals surface area contributed by atoms with Crippen LogP contribution < -0.4 is 0 Å². The van der Waals surface area contributed by atoms with E-state index in [1.807, 2.05) is 18.2 Å². The summed E-state index contributed by atoms with van der Waals surface area (Å²) in [7, 11) is 0. The van der Waals surface area contributed by atoms with Crippen LogP contribution in [0.15, 0.2) is 29.3 Å². The Bertz CT molecular complexity index is 622. The Hall–Kier alpha value is -1.70. The predicted octanol–water partition coefficient (Wildman–Crippen LogP) is 4.67. The normalized spacial score (nSPS) is 17.8. The molecule has 0 fully saturated rings. The average molecular weight is 282 g/mol. The highest BCUT2D eigenvalue weighted by atomic mass is 16.1. The van der Waals surface area contributed by atoms with Crippen LogP contribution in [0.1, 0.15) is 78.1 Å². The van der Waals surface area contributed by atoms with Gasteiger partial charge in [-0.1, -0.05) is 31.9 Å². The molecule has 0 unspecified atom stereocenters. The van der Waals surface area contributed by atoms with Crippen LogP contribution in [0.5, 0.6) is 0 Å². The number of benzene rings is 1. The van der Waals surface area contributed by atoms with E-state index in [0.29, 0.717) is 11.1 Å². The summed E-state index contributed by atoms with van der Waals surface area (Å²) in [4.78, 5) is 25.2. The molecular weight excluding hydrogens is 260 g/mol.